The van der Waals surface area contributed by atoms with Crippen molar-refractivity contribution in [3.8, 4) is 0 Å². The van der Waals surface area contributed by atoms with Crippen LogP contribution in [0.5, 0.6) is 0 Å². The molecule has 0 aliphatic carbocycles. The number of benzene rings is 5. The van der Waals surface area contributed by atoms with E-state index in [2.05, 4.69) is 0 Å². The lowest BCUT2D eigenvalue weighted by atomic mass is 9.85. The van der Waals surface area contributed by atoms with Crippen LogP contribution in [-0.4, -0.2) is 33.7 Å². The summed E-state index contributed by atoms with van der Waals surface area (Å²) in [4.78, 5) is 30.7. The van der Waals surface area contributed by atoms with E-state index in [0.717, 1.165) is 40.7 Å². The molecule has 1 aliphatic heterocycles. The van der Waals surface area contributed by atoms with E-state index in [0.29, 0.717) is 38.7 Å². The van der Waals surface area contributed by atoms with Crippen molar-refractivity contribution in [3.63, 3.8) is 0 Å². The average Bonchev–Trinajstić information content (AvgIpc) is 3.73. The fourth-order valence-electron chi connectivity index (χ4n) is 7.27. The normalized spacial score (nSPS) is 16.3. The lowest BCUT2D eigenvalue weighted by Crippen LogP contribution is -2.43. The van der Waals surface area contributed by atoms with Gasteiger partial charge in [-0.15, -0.1) is 0 Å². The summed E-state index contributed by atoms with van der Waals surface area (Å²) in [6, 6.07) is 27.3. The molecule has 1 amide bonds. The van der Waals surface area contributed by atoms with Gasteiger partial charge in [0, 0.05) is 57.3 Å². The molecule has 276 valence electrons. The molecule has 1 fully saturated rings. The molecule has 4 nitrogen and oxygen atoms in total. The number of fused-ring (bicyclic) bond motifs is 1. The third kappa shape index (κ3) is 7.63. The van der Waals surface area contributed by atoms with E-state index < -0.39 is 35.4 Å². The Morgan fingerprint density at radius 1 is 0.704 bits per heavy atom. The SMILES string of the molecule is O=C(c1ccc(Cl)cc1Cc1ccc(C(F)(F)F)cc1)C1C(c2cn(Cc3ccc(C(F)(F)F)cc3)c3ccccc23)CCN1C(=O)c1ccc(Cl)cc1. The van der Waals surface area contributed by atoms with Crippen molar-refractivity contribution in [2.45, 2.75) is 43.7 Å². The van der Waals surface area contributed by atoms with Crippen LogP contribution in [-0.2, 0) is 25.3 Å². The number of hydrogen-bond acceptors (Lipinski definition) is 2. The molecule has 2 unspecified atom stereocenters. The highest BCUT2D eigenvalue weighted by Gasteiger charge is 2.44. The molecule has 0 radical (unpaired) electrons. The quantitative estimate of drug-likeness (QED) is 0.114. The van der Waals surface area contributed by atoms with Gasteiger partial charge >= 0.3 is 12.4 Å². The van der Waals surface area contributed by atoms with Gasteiger partial charge in [-0.05, 0) is 108 Å². The molecule has 1 aromatic heterocycles. The predicted octanol–water partition coefficient (Wildman–Crippen LogP) is 11.5. The van der Waals surface area contributed by atoms with Crippen molar-refractivity contribution in [2.75, 3.05) is 6.54 Å². The highest BCUT2D eigenvalue weighted by Crippen LogP contribution is 2.41. The van der Waals surface area contributed by atoms with E-state index in [-0.39, 0.29) is 36.8 Å². The molecule has 0 bridgehead atoms. The van der Waals surface area contributed by atoms with Crippen LogP contribution in [0, 0.1) is 0 Å². The Labute approximate surface area is 316 Å². The maximum atomic E-state index is 15.0. The van der Waals surface area contributed by atoms with Crippen LogP contribution in [0.25, 0.3) is 10.9 Å². The molecule has 1 aliphatic rings. The Bertz CT molecular complexity index is 2330. The molecule has 2 heterocycles. The number of likely N-dealkylation sites (tertiary alicyclic amines) is 1. The van der Waals surface area contributed by atoms with Crippen molar-refractivity contribution in [1.29, 1.82) is 0 Å². The Balaban J connectivity index is 1.29. The average molecular weight is 780 g/mol. The van der Waals surface area contributed by atoms with Gasteiger partial charge in [-0.2, -0.15) is 26.3 Å². The number of halogens is 8. The maximum Gasteiger partial charge on any atom is 0.416 e. The molecule has 5 aromatic carbocycles. The number of ketones is 1. The van der Waals surface area contributed by atoms with Crippen LogP contribution in [0.4, 0.5) is 26.3 Å². The van der Waals surface area contributed by atoms with Crippen molar-refractivity contribution < 1.29 is 35.9 Å². The van der Waals surface area contributed by atoms with Crippen LogP contribution < -0.4 is 0 Å². The Hall–Kier alpha value is -5.06. The fourth-order valence-corrected chi connectivity index (χ4v) is 7.59. The van der Waals surface area contributed by atoms with Crippen LogP contribution in [0.2, 0.25) is 10.0 Å². The van der Waals surface area contributed by atoms with Crippen LogP contribution in [0.15, 0.2) is 121 Å². The predicted molar refractivity (Wildman–Crippen MR) is 196 cm³/mol. The third-order valence-electron chi connectivity index (χ3n) is 9.88. The van der Waals surface area contributed by atoms with Gasteiger partial charge in [-0.1, -0.05) is 65.7 Å². The van der Waals surface area contributed by atoms with Gasteiger partial charge < -0.3 is 9.47 Å². The van der Waals surface area contributed by atoms with E-state index in [9.17, 15) is 35.9 Å². The van der Waals surface area contributed by atoms with E-state index in [4.69, 9.17) is 23.2 Å². The smallest absolute Gasteiger partial charge is 0.343 e. The number of nitrogens with zero attached hydrogens (tertiary/aromatic N) is 2. The molecule has 0 N–H and O–H groups in total. The lowest BCUT2D eigenvalue weighted by Gasteiger charge is -2.28. The molecular formula is C42H30Cl2F6N2O2. The maximum absolute atomic E-state index is 15.0. The first kappa shape index (κ1) is 37.3. The summed E-state index contributed by atoms with van der Waals surface area (Å²) in [5, 5.41) is 1.60. The monoisotopic (exact) mass is 778 g/mol. The van der Waals surface area contributed by atoms with Crippen molar-refractivity contribution >= 4 is 45.8 Å². The second kappa shape index (κ2) is 14.6. The highest BCUT2D eigenvalue weighted by atomic mass is 35.5. The van der Waals surface area contributed by atoms with Gasteiger partial charge in [-0.3, -0.25) is 9.59 Å². The van der Waals surface area contributed by atoms with Gasteiger partial charge in [0.2, 0.25) is 0 Å². The van der Waals surface area contributed by atoms with Crippen LogP contribution in [0.3, 0.4) is 0 Å². The minimum Gasteiger partial charge on any atom is -0.343 e. The van der Waals surface area contributed by atoms with E-state index in [1.807, 2.05) is 35.0 Å². The van der Waals surface area contributed by atoms with Crippen LogP contribution >= 0.6 is 23.2 Å². The summed E-state index contributed by atoms with van der Waals surface area (Å²) in [6.07, 6.45) is -6.55. The zero-order valence-corrected chi connectivity index (χ0v) is 29.8. The van der Waals surface area contributed by atoms with Crippen molar-refractivity contribution in [3.05, 3.63) is 176 Å². The number of carbonyl (C=O) groups is 2. The molecule has 2 atom stereocenters. The third-order valence-corrected chi connectivity index (χ3v) is 10.4. The number of alkyl halides is 6. The standard InChI is InChI=1S/C42H30Cl2F6N2O2/c43-31-15-9-27(10-16-31)40(54)52-20-19-35(36-24-51(37-4-2-1-3-34(36)37)23-26-7-13-30(14-8-26)42(48,49)50)38(52)39(53)33-18-17-32(44)22-28(33)21-25-5-11-29(12-6-25)41(45,46)47/h1-18,22,24,35,38H,19-21,23H2. The first-order chi connectivity index (χ1) is 25.7. The summed E-state index contributed by atoms with van der Waals surface area (Å²) < 4.78 is 81.6. The Kier molecular flexibility index (Phi) is 10.1. The molecule has 1 saturated heterocycles. The molecular weight excluding hydrogens is 749 g/mol. The number of rotatable bonds is 8. The first-order valence-electron chi connectivity index (χ1n) is 17.0. The van der Waals surface area contributed by atoms with Crippen molar-refractivity contribution in [1.82, 2.24) is 9.47 Å². The van der Waals surface area contributed by atoms with E-state index >= 15 is 0 Å². The highest BCUT2D eigenvalue weighted by molar-refractivity contribution is 6.31. The minimum atomic E-state index is -4.51. The van der Waals surface area contributed by atoms with Gasteiger partial charge in [-0.25, -0.2) is 0 Å². The summed E-state index contributed by atoms with van der Waals surface area (Å²) in [5.41, 5.74) is 2.32. The van der Waals surface area contributed by atoms with Gasteiger partial charge in [0.1, 0.15) is 6.04 Å². The fraction of sp³-hybridized carbons (Fsp3) is 0.190. The largest absolute Gasteiger partial charge is 0.416 e. The second-order valence-corrected chi connectivity index (χ2v) is 14.2. The van der Waals surface area contributed by atoms with Crippen LogP contribution in [0.1, 0.15) is 66.4 Å². The minimum absolute atomic E-state index is 0.106. The first-order valence-corrected chi connectivity index (χ1v) is 17.7. The zero-order chi connectivity index (χ0) is 38.4. The van der Waals surface area contributed by atoms with Crippen molar-refractivity contribution in [2.24, 2.45) is 0 Å². The van der Waals surface area contributed by atoms with Gasteiger partial charge in [0.25, 0.3) is 5.91 Å². The molecule has 7 rings (SSSR count). The summed E-state index contributed by atoms with van der Waals surface area (Å²) >= 11 is 12.5. The van der Waals surface area contributed by atoms with E-state index in [1.165, 1.54) is 24.3 Å². The zero-order valence-electron chi connectivity index (χ0n) is 28.3. The summed E-state index contributed by atoms with van der Waals surface area (Å²) in [6.45, 7) is 0.495. The molecule has 6 aromatic rings. The Morgan fingerprint density at radius 3 is 1.93 bits per heavy atom. The van der Waals surface area contributed by atoms with E-state index in [1.54, 1.807) is 47.4 Å². The summed E-state index contributed by atoms with van der Waals surface area (Å²) in [5.74, 6) is -1.24. The van der Waals surface area contributed by atoms with Gasteiger partial charge in [0.05, 0.1) is 11.1 Å². The summed E-state index contributed by atoms with van der Waals surface area (Å²) in [7, 11) is 0. The number of aromatic nitrogens is 1. The molecule has 0 saturated carbocycles. The lowest BCUT2D eigenvalue weighted by molar-refractivity contribution is -0.138. The number of amides is 1. The molecule has 0 spiro atoms. The molecule has 54 heavy (non-hydrogen) atoms. The second-order valence-electron chi connectivity index (χ2n) is 13.3. The number of Topliss-reactive ketones (excluding diaryl/α,β-unsaturated/α-hetero) is 1. The topological polar surface area (TPSA) is 42.3 Å². The Morgan fingerprint density at radius 2 is 1.30 bits per heavy atom. The number of hydrogen-bond donors (Lipinski definition) is 0. The number of carbonyl (C=O) groups excluding carboxylic acids is 2. The van der Waals surface area contributed by atoms with Gasteiger partial charge in [0.15, 0.2) is 5.78 Å². The number of para-hydroxylation sites is 1. The molecule has 12 heteroatoms.